The van der Waals surface area contributed by atoms with Crippen LogP contribution < -0.4 is 20.0 Å². The number of likely N-dealkylation sites (N-methyl/N-ethyl adjacent to an activating group) is 1. The lowest BCUT2D eigenvalue weighted by molar-refractivity contribution is -0.140. The molecular formula is C51H53Cl2N5O3. The second-order valence-corrected chi connectivity index (χ2v) is 16.9. The summed E-state index contributed by atoms with van der Waals surface area (Å²) < 4.78 is 6.12. The van der Waals surface area contributed by atoms with Crippen LogP contribution in [0.4, 0.5) is 28.4 Å². The van der Waals surface area contributed by atoms with Gasteiger partial charge < -0.3 is 19.9 Å². The number of fused-ring (bicyclic) bond motifs is 3. The van der Waals surface area contributed by atoms with Crippen LogP contribution in [0.25, 0.3) is 0 Å². The number of alkyl halides is 2. The molecule has 0 saturated heterocycles. The summed E-state index contributed by atoms with van der Waals surface area (Å²) in [5.41, 5.74) is 14.4. The molecule has 5 aromatic rings. The van der Waals surface area contributed by atoms with Gasteiger partial charge in [0.25, 0.3) is 5.91 Å². The van der Waals surface area contributed by atoms with Crippen LogP contribution >= 0.6 is 23.2 Å². The van der Waals surface area contributed by atoms with Crippen LogP contribution in [-0.2, 0) is 19.9 Å². The summed E-state index contributed by atoms with van der Waals surface area (Å²) in [6, 6.07) is 30.9. The first-order valence-corrected chi connectivity index (χ1v) is 21.6. The van der Waals surface area contributed by atoms with Gasteiger partial charge >= 0.3 is 5.97 Å². The highest BCUT2D eigenvalue weighted by atomic mass is 35.5. The van der Waals surface area contributed by atoms with Gasteiger partial charge in [0.2, 0.25) is 0 Å². The van der Waals surface area contributed by atoms with E-state index in [-0.39, 0.29) is 23.4 Å². The van der Waals surface area contributed by atoms with Gasteiger partial charge in [-0.15, -0.1) is 23.2 Å². The summed E-state index contributed by atoms with van der Waals surface area (Å²) in [5.74, 6) is -0.191. The van der Waals surface area contributed by atoms with E-state index < -0.39 is 11.5 Å². The zero-order valence-electron chi connectivity index (χ0n) is 36.8. The van der Waals surface area contributed by atoms with Gasteiger partial charge in [-0.1, -0.05) is 90.5 Å². The summed E-state index contributed by atoms with van der Waals surface area (Å²) in [6.07, 6.45) is 0. The van der Waals surface area contributed by atoms with Crippen molar-refractivity contribution in [3.8, 4) is 0 Å². The van der Waals surface area contributed by atoms with E-state index in [1.165, 1.54) is 0 Å². The molecule has 0 saturated carbocycles. The number of hydrogen-bond donors (Lipinski definition) is 1. The molecule has 0 unspecified atom stereocenters. The Kier molecular flexibility index (Phi) is 12.0. The molecule has 314 valence electrons. The molecule has 3 aliphatic heterocycles. The molecule has 3 heterocycles. The van der Waals surface area contributed by atoms with Crippen LogP contribution in [0.3, 0.4) is 0 Å². The normalized spacial score (nSPS) is 17.4. The second-order valence-electron chi connectivity index (χ2n) is 16.1. The molecule has 0 radical (unpaired) electrons. The quantitative estimate of drug-likeness (QED) is 0.130. The van der Waals surface area contributed by atoms with Crippen LogP contribution in [0.15, 0.2) is 119 Å². The van der Waals surface area contributed by atoms with Crippen LogP contribution in [0.5, 0.6) is 0 Å². The topological polar surface area (TPSA) is 77.5 Å². The summed E-state index contributed by atoms with van der Waals surface area (Å²) in [4.78, 5) is 42.8. The number of carbonyl (C=O) groups is 2. The fraction of sp³-hybridized carbons (Fsp3) is 0.275. The maximum atomic E-state index is 15.8. The zero-order chi connectivity index (χ0) is 44.1. The lowest BCUT2D eigenvalue weighted by atomic mass is 9.81. The third-order valence-corrected chi connectivity index (χ3v) is 12.0. The molecule has 10 heteroatoms. The van der Waals surface area contributed by atoms with Crippen LogP contribution in [0.2, 0.25) is 0 Å². The highest BCUT2D eigenvalue weighted by Gasteiger charge is 2.68. The fourth-order valence-electron chi connectivity index (χ4n) is 9.31. The van der Waals surface area contributed by atoms with Crippen LogP contribution in [0.1, 0.15) is 62.6 Å². The van der Waals surface area contributed by atoms with Crippen molar-refractivity contribution < 1.29 is 14.3 Å². The Hall–Kier alpha value is -5.83. The Morgan fingerprint density at radius 2 is 1.20 bits per heavy atom. The first-order valence-electron chi connectivity index (χ1n) is 20.5. The number of anilines is 4. The highest BCUT2D eigenvalue weighted by molar-refractivity contribution is 6.40. The zero-order valence-corrected chi connectivity index (χ0v) is 38.4. The number of hydrogen-bond acceptors (Lipinski definition) is 6. The van der Waals surface area contributed by atoms with Gasteiger partial charge in [-0.3, -0.25) is 9.69 Å². The number of nitrogens with one attached hydrogen (secondary N) is 1. The van der Waals surface area contributed by atoms with E-state index in [2.05, 4.69) is 131 Å². The predicted molar refractivity (Wildman–Crippen MR) is 253 cm³/mol. The number of para-hydroxylation sites is 4. The minimum atomic E-state index is -1.64. The molecule has 0 fully saturated rings. The number of aryl methyl sites for hydroxylation is 9. The van der Waals surface area contributed by atoms with Crippen molar-refractivity contribution in [3.05, 3.63) is 169 Å². The van der Waals surface area contributed by atoms with Gasteiger partial charge in [-0.05, 0) is 120 Å². The number of rotatable bonds is 7. The van der Waals surface area contributed by atoms with E-state index in [1.54, 1.807) is 11.9 Å². The average Bonchev–Trinajstić information content (AvgIpc) is 3.74. The maximum Gasteiger partial charge on any atom is 0.339 e. The molecule has 1 spiro atoms. The Bertz CT molecular complexity index is 2640. The van der Waals surface area contributed by atoms with Gasteiger partial charge in [0.1, 0.15) is 11.3 Å². The molecule has 0 aliphatic carbocycles. The number of benzene rings is 5. The standard InChI is InChI=1S/C50H51N5O3.CH2Cl2/c1-12-58-48(56)39-45-46(55(44-35(9)23-16-24-36(44)10)50(39)37-27-28(2)25-26-38(37)53(11)49(50)57)42(51-40-29(3)17-13-18-30(40)4)47(52-41-31(5)19-14-20-32(41)6)54(45)43-33(7)21-15-22-34(43)8;2-1-3/h13-27,51H,12H2,1-11H3;1H2/t50-;/m1./s1. The number of nitrogens with zero attached hydrogens (tertiary/aromatic N) is 4. The predicted octanol–water partition coefficient (Wildman–Crippen LogP) is 12.0. The number of aliphatic imine (C=N–C) groups is 1. The van der Waals surface area contributed by atoms with Crippen molar-refractivity contribution in [2.75, 3.05) is 39.0 Å². The first kappa shape index (κ1) is 43.3. The minimum absolute atomic E-state index is 0.124. The number of amides is 1. The average molecular weight is 855 g/mol. The molecular weight excluding hydrogens is 801 g/mol. The Balaban J connectivity index is 0.00000182. The third kappa shape index (κ3) is 6.90. The Labute approximate surface area is 370 Å². The van der Waals surface area contributed by atoms with Crippen molar-refractivity contribution in [2.45, 2.75) is 74.8 Å². The SMILES string of the molecule is CCOC(=O)C1=C2C(=C(Nc3c(C)cccc3C)C(=Nc3c(C)cccc3C)N2c2c(C)cccc2C)N(c2c(C)cccc2C)[C@@]12C(=O)N(C)c1ccc(C)cc12.ClCCl. The van der Waals surface area contributed by atoms with E-state index in [1.807, 2.05) is 44.2 Å². The lowest BCUT2D eigenvalue weighted by Crippen LogP contribution is -2.53. The summed E-state index contributed by atoms with van der Waals surface area (Å²) >= 11 is 9.53. The van der Waals surface area contributed by atoms with Crippen molar-refractivity contribution >= 4 is 69.4 Å². The van der Waals surface area contributed by atoms with E-state index in [9.17, 15) is 0 Å². The van der Waals surface area contributed by atoms with Crippen molar-refractivity contribution in [2.24, 2.45) is 4.99 Å². The number of amidine groups is 1. The van der Waals surface area contributed by atoms with Gasteiger partial charge in [0.15, 0.2) is 11.4 Å². The molecule has 8 rings (SSSR count). The third-order valence-electron chi connectivity index (χ3n) is 12.0. The molecule has 1 N–H and O–H groups in total. The first-order chi connectivity index (χ1) is 29.1. The minimum Gasteiger partial charge on any atom is -0.462 e. The molecule has 3 aliphatic rings. The molecule has 1 atom stereocenters. The van der Waals surface area contributed by atoms with Gasteiger partial charge in [0, 0.05) is 29.7 Å². The number of halogens is 2. The monoisotopic (exact) mass is 853 g/mol. The number of esters is 1. The Morgan fingerprint density at radius 3 is 1.72 bits per heavy atom. The number of carbonyl (C=O) groups excluding carboxylic acids is 2. The summed E-state index contributed by atoms with van der Waals surface area (Å²) in [7, 11) is 1.80. The molecule has 1 amide bonds. The van der Waals surface area contributed by atoms with Crippen molar-refractivity contribution in [1.82, 2.24) is 0 Å². The lowest BCUT2D eigenvalue weighted by Gasteiger charge is -2.39. The van der Waals surface area contributed by atoms with Crippen LogP contribution in [-0.4, -0.2) is 36.7 Å². The smallest absolute Gasteiger partial charge is 0.339 e. The summed E-state index contributed by atoms with van der Waals surface area (Å²) in [6.45, 7) is 20.6. The van der Waals surface area contributed by atoms with Gasteiger partial charge in [0.05, 0.1) is 34.7 Å². The molecule has 0 aromatic heterocycles. The number of ether oxygens (including phenoxy) is 1. The highest BCUT2D eigenvalue weighted by Crippen LogP contribution is 2.62. The molecule has 5 aromatic carbocycles. The van der Waals surface area contributed by atoms with Gasteiger partial charge in [-0.2, -0.15) is 0 Å². The van der Waals surface area contributed by atoms with Crippen molar-refractivity contribution in [3.63, 3.8) is 0 Å². The molecule has 61 heavy (non-hydrogen) atoms. The van der Waals surface area contributed by atoms with E-state index >= 15 is 9.59 Å². The van der Waals surface area contributed by atoms with Crippen LogP contribution in [0, 0.1) is 62.3 Å². The maximum absolute atomic E-state index is 15.8. The second kappa shape index (κ2) is 16.9. The van der Waals surface area contributed by atoms with Crippen molar-refractivity contribution in [1.29, 1.82) is 0 Å². The molecule has 8 nitrogen and oxygen atoms in total. The van der Waals surface area contributed by atoms with Gasteiger partial charge in [-0.25, -0.2) is 9.79 Å². The Morgan fingerprint density at radius 1 is 0.705 bits per heavy atom. The largest absolute Gasteiger partial charge is 0.462 e. The fourth-order valence-corrected chi connectivity index (χ4v) is 9.31. The van der Waals surface area contributed by atoms with E-state index in [0.717, 1.165) is 84.1 Å². The van der Waals surface area contributed by atoms with E-state index in [4.69, 9.17) is 32.9 Å². The summed E-state index contributed by atoms with van der Waals surface area (Å²) in [5, 5.41) is 4.14. The van der Waals surface area contributed by atoms with E-state index in [0.29, 0.717) is 22.9 Å². The molecule has 0 bridgehead atoms.